The number of fused-ring (bicyclic) bond motifs is 1. The number of halogens is 1. The zero-order chi connectivity index (χ0) is 25.5. The van der Waals surface area contributed by atoms with Gasteiger partial charge in [-0.2, -0.15) is 0 Å². The average Bonchev–Trinajstić information content (AvgIpc) is 3.49. The number of piperidine rings is 1. The van der Waals surface area contributed by atoms with Crippen LogP contribution in [0.25, 0.3) is 5.65 Å². The third-order valence-electron chi connectivity index (χ3n) is 7.36. The van der Waals surface area contributed by atoms with Crippen LogP contribution >= 0.6 is 23.4 Å². The minimum absolute atomic E-state index is 0.207. The number of ether oxygens (including phenoxy) is 1. The third-order valence-corrected chi connectivity index (χ3v) is 10.5. The number of imidazole rings is 1. The summed E-state index contributed by atoms with van der Waals surface area (Å²) < 4.78 is 23.4. The van der Waals surface area contributed by atoms with Gasteiger partial charge in [0.2, 0.25) is 11.8 Å². The van der Waals surface area contributed by atoms with Crippen LogP contribution in [0.15, 0.2) is 40.6 Å². The van der Waals surface area contributed by atoms with Crippen LogP contribution in [0.4, 0.5) is 5.95 Å². The standard InChI is InChI=1S/C25H33ClN6O2S2/c1-24(2,3)36(33)30-19-6-5-8-25(19)9-13-31(14-10-25)23-29-16-18(21-27-12-15-32(21)23)35-17-7-11-28-22(34-4)20(17)26/h7,11-12,15-16,19,30H,5-6,8-10,13-14H2,1-4H3/t19-,36?/m1/s1. The van der Waals surface area contributed by atoms with Crippen molar-refractivity contribution in [2.24, 2.45) is 5.41 Å². The molecule has 194 valence electrons. The molecule has 2 atom stereocenters. The molecule has 5 rings (SSSR count). The Labute approximate surface area is 224 Å². The van der Waals surface area contributed by atoms with Crippen LogP contribution in [0.3, 0.4) is 0 Å². The molecule has 8 nitrogen and oxygen atoms in total. The number of rotatable bonds is 6. The Hall–Kier alpha value is -1.72. The van der Waals surface area contributed by atoms with Gasteiger partial charge in [0.15, 0.2) is 5.65 Å². The van der Waals surface area contributed by atoms with E-state index in [0.29, 0.717) is 16.9 Å². The van der Waals surface area contributed by atoms with Gasteiger partial charge in [-0.15, -0.1) is 4.72 Å². The van der Waals surface area contributed by atoms with E-state index >= 15 is 0 Å². The fourth-order valence-electron chi connectivity index (χ4n) is 5.32. The van der Waals surface area contributed by atoms with E-state index in [1.165, 1.54) is 24.6 Å². The molecule has 3 aromatic rings. The summed E-state index contributed by atoms with van der Waals surface area (Å²) >= 11 is 6.93. The molecule has 1 aliphatic carbocycles. The topological polar surface area (TPSA) is 90.6 Å². The highest BCUT2D eigenvalue weighted by Gasteiger charge is 2.48. The number of anilines is 1. The Balaban J connectivity index is 1.33. The molecule has 0 aromatic carbocycles. The van der Waals surface area contributed by atoms with Gasteiger partial charge in [-0.05, 0) is 57.9 Å². The normalized spacial score (nSPS) is 20.8. The van der Waals surface area contributed by atoms with Gasteiger partial charge in [0.25, 0.3) is 0 Å². The Morgan fingerprint density at radius 1 is 1.17 bits per heavy atom. The summed E-state index contributed by atoms with van der Waals surface area (Å²) in [6, 6.07) is 2.17. The molecule has 1 N–H and O–H groups in total. The maximum Gasteiger partial charge on any atom is 0.233 e. The molecule has 3 aromatic heterocycles. The summed E-state index contributed by atoms with van der Waals surface area (Å²) in [4.78, 5) is 17.8. The highest BCUT2D eigenvalue weighted by Crippen LogP contribution is 2.47. The zero-order valence-electron chi connectivity index (χ0n) is 21.2. The van der Waals surface area contributed by atoms with Gasteiger partial charge in [0, 0.05) is 54.1 Å². The number of hydrogen-bond acceptors (Lipinski definition) is 8. The van der Waals surface area contributed by atoms with E-state index < -0.39 is 11.4 Å². The average molecular weight is 549 g/mol. The monoisotopic (exact) mass is 548 g/mol. The minimum atomic E-state index is -1.05. The Bertz CT molecular complexity index is 1220. The highest BCUT2D eigenvalue weighted by atomic mass is 35.5. The number of methoxy groups -OCH3 is 1. The second-order valence-electron chi connectivity index (χ2n) is 10.6. The first-order valence-electron chi connectivity index (χ1n) is 12.3. The molecule has 1 unspecified atom stereocenters. The summed E-state index contributed by atoms with van der Waals surface area (Å²) in [5.41, 5.74) is 1.05. The molecule has 2 aliphatic rings. The van der Waals surface area contributed by atoms with Crippen LogP contribution in [0, 0.1) is 5.41 Å². The number of pyridine rings is 1. The number of nitrogens with one attached hydrogen (secondary N) is 1. The molecule has 1 saturated heterocycles. The van der Waals surface area contributed by atoms with Gasteiger partial charge in [-0.3, -0.25) is 4.40 Å². The maximum absolute atomic E-state index is 12.8. The van der Waals surface area contributed by atoms with Crippen molar-refractivity contribution < 1.29 is 9.29 Å². The van der Waals surface area contributed by atoms with Crippen LogP contribution < -0.4 is 14.4 Å². The molecule has 11 heteroatoms. The second-order valence-corrected chi connectivity index (χ2v) is 14.0. The lowest BCUT2D eigenvalue weighted by Gasteiger charge is -2.44. The van der Waals surface area contributed by atoms with Gasteiger partial charge in [-0.25, -0.2) is 15.0 Å². The molecule has 0 bridgehead atoms. The van der Waals surface area contributed by atoms with Gasteiger partial charge in [-0.1, -0.05) is 29.8 Å². The van der Waals surface area contributed by atoms with Crippen LogP contribution in [0.5, 0.6) is 5.88 Å². The van der Waals surface area contributed by atoms with Gasteiger partial charge >= 0.3 is 0 Å². The van der Waals surface area contributed by atoms with E-state index in [4.69, 9.17) is 21.3 Å². The molecule has 0 radical (unpaired) electrons. The predicted molar refractivity (Wildman–Crippen MR) is 145 cm³/mol. The van der Waals surface area contributed by atoms with Crippen molar-refractivity contribution in [1.29, 1.82) is 0 Å². The first kappa shape index (κ1) is 25.9. The highest BCUT2D eigenvalue weighted by molar-refractivity contribution is 7.99. The molecule has 4 heterocycles. The second kappa shape index (κ2) is 10.2. The zero-order valence-corrected chi connectivity index (χ0v) is 23.5. The Morgan fingerprint density at radius 2 is 1.94 bits per heavy atom. The first-order chi connectivity index (χ1) is 17.2. The smallest absolute Gasteiger partial charge is 0.233 e. The molecule has 0 amide bonds. The van der Waals surface area contributed by atoms with Crippen LogP contribution in [-0.2, 0) is 11.4 Å². The Kier molecular flexibility index (Phi) is 7.35. The van der Waals surface area contributed by atoms with E-state index in [0.717, 1.165) is 53.7 Å². The summed E-state index contributed by atoms with van der Waals surface area (Å²) in [6.45, 7) is 7.93. The van der Waals surface area contributed by atoms with E-state index in [2.05, 4.69) is 24.0 Å². The van der Waals surface area contributed by atoms with Crippen molar-refractivity contribution >= 4 is 46.3 Å². The molecule has 1 saturated carbocycles. The van der Waals surface area contributed by atoms with E-state index in [1.807, 2.05) is 45.4 Å². The number of aromatic nitrogens is 4. The first-order valence-corrected chi connectivity index (χ1v) is 14.7. The van der Waals surface area contributed by atoms with E-state index in [1.54, 1.807) is 13.3 Å². The van der Waals surface area contributed by atoms with Crippen molar-refractivity contribution in [2.45, 2.75) is 73.5 Å². The number of hydrogen-bond donors (Lipinski definition) is 1. The molecular formula is C25H33ClN6O2S2. The SMILES string of the molecule is COc1nccc(Sc2cnc(N3CCC4(CCC[C@H]4N[S+]([O-])C(C)(C)C)CC3)n3ccnc23)c1Cl. The van der Waals surface area contributed by atoms with Crippen molar-refractivity contribution in [3.8, 4) is 5.88 Å². The number of nitrogens with zero attached hydrogens (tertiary/aromatic N) is 5. The van der Waals surface area contributed by atoms with Crippen molar-refractivity contribution in [2.75, 3.05) is 25.1 Å². The van der Waals surface area contributed by atoms with E-state index in [-0.39, 0.29) is 10.2 Å². The summed E-state index contributed by atoms with van der Waals surface area (Å²) in [5.74, 6) is 1.31. The van der Waals surface area contributed by atoms with Gasteiger partial charge < -0.3 is 14.2 Å². The van der Waals surface area contributed by atoms with Crippen molar-refractivity contribution in [3.63, 3.8) is 0 Å². The maximum atomic E-state index is 12.8. The predicted octanol–water partition coefficient (Wildman–Crippen LogP) is 5.13. The minimum Gasteiger partial charge on any atom is -0.598 e. The molecule has 2 fully saturated rings. The summed E-state index contributed by atoms with van der Waals surface area (Å²) in [7, 11) is 1.56. The molecule has 1 aliphatic heterocycles. The van der Waals surface area contributed by atoms with Gasteiger partial charge in [0.1, 0.15) is 9.77 Å². The summed E-state index contributed by atoms with van der Waals surface area (Å²) in [5, 5.41) is 0.479. The molecule has 1 spiro atoms. The fraction of sp³-hybridized carbons (Fsp3) is 0.560. The van der Waals surface area contributed by atoms with E-state index in [9.17, 15) is 4.55 Å². The lowest BCUT2D eigenvalue weighted by atomic mass is 9.74. The van der Waals surface area contributed by atoms with Crippen LogP contribution in [0.1, 0.15) is 52.9 Å². The van der Waals surface area contributed by atoms with Crippen molar-refractivity contribution in [1.82, 2.24) is 24.1 Å². The molecule has 36 heavy (non-hydrogen) atoms. The Morgan fingerprint density at radius 3 is 2.67 bits per heavy atom. The molecular weight excluding hydrogens is 516 g/mol. The summed E-state index contributed by atoms with van der Waals surface area (Å²) in [6.07, 6.45) is 12.9. The van der Waals surface area contributed by atoms with Crippen molar-refractivity contribution in [3.05, 3.63) is 35.9 Å². The quantitative estimate of drug-likeness (QED) is 0.424. The largest absolute Gasteiger partial charge is 0.598 e. The lowest BCUT2D eigenvalue weighted by molar-refractivity contribution is 0.186. The fourth-order valence-corrected chi connectivity index (χ4v) is 7.49. The lowest BCUT2D eigenvalue weighted by Crippen LogP contribution is -2.53. The third kappa shape index (κ3) is 4.90. The van der Waals surface area contributed by atoms with Crippen LogP contribution in [0.2, 0.25) is 5.02 Å². The van der Waals surface area contributed by atoms with Crippen LogP contribution in [-0.4, -0.2) is 54.9 Å². The van der Waals surface area contributed by atoms with Gasteiger partial charge in [0.05, 0.1) is 18.0 Å².